The molecule has 4 unspecified atom stereocenters. The molecule has 1 N–H and O–H groups in total. The molecule has 28 heavy (non-hydrogen) atoms. The summed E-state index contributed by atoms with van der Waals surface area (Å²) in [6.07, 6.45) is 4.72. The Morgan fingerprint density at radius 3 is 2.68 bits per heavy atom. The SMILES string of the molecule is CCN(CC1CC1)C1Cc2ccc(C)c3c2C2C(O3)C3(CCC21O)OCCO3. The zero-order valence-corrected chi connectivity index (χ0v) is 16.9. The molecule has 1 spiro atoms. The van der Waals surface area contributed by atoms with E-state index in [0.29, 0.717) is 26.1 Å². The number of fused-ring (bicyclic) bond motifs is 1. The van der Waals surface area contributed by atoms with Crippen molar-refractivity contribution in [2.75, 3.05) is 26.3 Å². The molecule has 1 saturated heterocycles. The van der Waals surface area contributed by atoms with Gasteiger partial charge in [0, 0.05) is 24.6 Å². The lowest BCUT2D eigenvalue weighted by Crippen LogP contribution is -2.67. The third-order valence-electron chi connectivity index (χ3n) is 7.99. The summed E-state index contributed by atoms with van der Waals surface area (Å²) < 4.78 is 18.9. The molecule has 1 aromatic rings. The molecule has 6 rings (SSSR count). The first-order valence-electron chi connectivity index (χ1n) is 11.1. The molecular weight excluding hydrogens is 354 g/mol. The summed E-state index contributed by atoms with van der Waals surface area (Å²) in [7, 11) is 0. The lowest BCUT2D eigenvalue weighted by atomic mass is 9.60. The molecule has 1 aromatic carbocycles. The number of nitrogens with zero attached hydrogens (tertiary/aromatic N) is 1. The predicted octanol–water partition coefficient (Wildman–Crippen LogP) is 2.76. The minimum atomic E-state index is -0.790. The predicted molar refractivity (Wildman–Crippen MR) is 105 cm³/mol. The standard InChI is InChI=1S/C23H31NO4/c1-3-24(13-15-5-6-15)17-12-16-7-4-14(2)20-18(16)19-21(28-20)23(26-10-11-27-23)9-8-22(17,19)25/h4,7,15,17,19,21,25H,3,5-6,8-13H2,1-2H3. The molecule has 3 aliphatic carbocycles. The van der Waals surface area contributed by atoms with Gasteiger partial charge in [0.05, 0.1) is 24.7 Å². The largest absolute Gasteiger partial charge is 0.483 e. The van der Waals surface area contributed by atoms with E-state index in [-0.39, 0.29) is 18.1 Å². The van der Waals surface area contributed by atoms with Crippen LogP contribution in [0.5, 0.6) is 5.75 Å². The van der Waals surface area contributed by atoms with Gasteiger partial charge < -0.3 is 19.3 Å². The molecule has 0 amide bonds. The van der Waals surface area contributed by atoms with Gasteiger partial charge in [-0.2, -0.15) is 0 Å². The fourth-order valence-corrected chi connectivity index (χ4v) is 6.39. The van der Waals surface area contributed by atoms with Gasteiger partial charge in [0.2, 0.25) is 5.79 Å². The van der Waals surface area contributed by atoms with Crippen LogP contribution in [0.15, 0.2) is 12.1 Å². The quantitative estimate of drug-likeness (QED) is 0.864. The average Bonchev–Trinajstić information content (AvgIpc) is 3.21. The highest BCUT2D eigenvalue weighted by molar-refractivity contribution is 5.56. The second-order valence-electron chi connectivity index (χ2n) is 9.55. The maximum absolute atomic E-state index is 12.2. The van der Waals surface area contributed by atoms with Crippen LogP contribution >= 0.6 is 0 Å². The number of rotatable bonds is 4. The number of aliphatic hydroxyl groups is 1. The monoisotopic (exact) mass is 385 g/mol. The molecule has 5 aliphatic rings. The van der Waals surface area contributed by atoms with Crippen molar-refractivity contribution in [1.82, 2.24) is 4.90 Å². The number of benzene rings is 1. The van der Waals surface area contributed by atoms with Gasteiger partial charge in [-0.05, 0) is 56.2 Å². The van der Waals surface area contributed by atoms with Gasteiger partial charge in [-0.15, -0.1) is 0 Å². The molecular formula is C23H31NO4. The summed E-state index contributed by atoms with van der Waals surface area (Å²) >= 11 is 0. The summed E-state index contributed by atoms with van der Waals surface area (Å²) in [5.41, 5.74) is 2.92. The van der Waals surface area contributed by atoms with E-state index < -0.39 is 11.4 Å². The van der Waals surface area contributed by atoms with E-state index in [1.807, 2.05) is 0 Å². The lowest BCUT2D eigenvalue weighted by Gasteiger charge is -2.55. The zero-order valence-electron chi connectivity index (χ0n) is 16.9. The van der Waals surface area contributed by atoms with Crippen LogP contribution in [0.25, 0.3) is 0 Å². The number of hydrogen-bond acceptors (Lipinski definition) is 5. The highest BCUT2D eigenvalue weighted by Gasteiger charge is 2.67. The van der Waals surface area contributed by atoms with Crippen LogP contribution in [0.4, 0.5) is 0 Å². The highest BCUT2D eigenvalue weighted by Crippen LogP contribution is 2.61. The Morgan fingerprint density at radius 2 is 1.96 bits per heavy atom. The third-order valence-corrected chi connectivity index (χ3v) is 7.99. The Balaban J connectivity index is 1.47. The Kier molecular flexibility index (Phi) is 3.76. The fourth-order valence-electron chi connectivity index (χ4n) is 6.39. The molecule has 2 aliphatic heterocycles. The van der Waals surface area contributed by atoms with Gasteiger partial charge >= 0.3 is 0 Å². The van der Waals surface area contributed by atoms with Gasteiger partial charge in [-0.1, -0.05) is 19.1 Å². The highest BCUT2D eigenvalue weighted by atomic mass is 16.8. The van der Waals surface area contributed by atoms with Gasteiger partial charge in [-0.3, -0.25) is 4.90 Å². The maximum atomic E-state index is 12.2. The summed E-state index contributed by atoms with van der Waals surface area (Å²) in [6.45, 7) is 7.64. The van der Waals surface area contributed by atoms with Crippen LogP contribution in [-0.2, 0) is 15.9 Å². The van der Waals surface area contributed by atoms with Crippen molar-refractivity contribution in [2.45, 2.75) is 75.4 Å². The van der Waals surface area contributed by atoms with Crippen molar-refractivity contribution in [3.05, 3.63) is 28.8 Å². The molecule has 0 bridgehead atoms. The van der Waals surface area contributed by atoms with Crippen molar-refractivity contribution < 1.29 is 19.3 Å². The fraction of sp³-hybridized carbons (Fsp3) is 0.739. The first kappa shape index (κ1) is 17.7. The van der Waals surface area contributed by atoms with E-state index >= 15 is 0 Å². The van der Waals surface area contributed by atoms with Crippen LogP contribution in [0.3, 0.4) is 0 Å². The van der Waals surface area contributed by atoms with Crippen molar-refractivity contribution in [2.24, 2.45) is 5.92 Å². The van der Waals surface area contributed by atoms with E-state index in [2.05, 4.69) is 30.9 Å². The minimum absolute atomic E-state index is 0.0729. The lowest BCUT2D eigenvalue weighted by molar-refractivity contribution is -0.263. The van der Waals surface area contributed by atoms with Crippen LogP contribution in [0.1, 0.15) is 55.2 Å². The summed E-state index contributed by atoms with van der Waals surface area (Å²) in [6, 6.07) is 4.57. The van der Waals surface area contributed by atoms with Crippen LogP contribution in [0.2, 0.25) is 0 Å². The average molecular weight is 386 g/mol. The van der Waals surface area contributed by atoms with Crippen LogP contribution < -0.4 is 4.74 Å². The summed E-state index contributed by atoms with van der Waals surface area (Å²) in [5, 5.41) is 12.2. The van der Waals surface area contributed by atoms with Gasteiger partial charge in [-0.25, -0.2) is 0 Å². The maximum Gasteiger partial charge on any atom is 0.206 e. The molecule has 2 heterocycles. The summed E-state index contributed by atoms with van der Waals surface area (Å²) in [4.78, 5) is 2.55. The van der Waals surface area contributed by atoms with Crippen molar-refractivity contribution in [1.29, 1.82) is 0 Å². The Hall–Kier alpha value is -1.14. The van der Waals surface area contributed by atoms with Crippen LogP contribution in [0, 0.1) is 12.8 Å². The minimum Gasteiger partial charge on any atom is -0.483 e. The number of aryl methyl sites for hydroxylation is 1. The number of ether oxygens (including phenoxy) is 3. The van der Waals surface area contributed by atoms with Gasteiger partial charge in [0.25, 0.3) is 0 Å². The van der Waals surface area contributed by atoms with E-state index in [9.17, 15) is 5.11 Å². The first-order chi connectivity index (χ1) is 13.6. The summed E-state index contributed by atoms with van der Waals surface area (Å²) in [5.74, 6) is 1.01. The van der Waals surface area contributed by atoms with Crippen molar-refractivity contribution in [3.8, 4) is 5.75 Å². The first-order valence-corrected chi connectivity index (χ1v) is 11.1. The molecule has 3 fully saturated rings. The van der Waals surface area contributed by atoms with Crippen molar-refractivity contribution in [3.63, 3.8) is 0 Å². The Labute approximate surface area is 167 Å². The van der Waals surface area contributed by atoms with Gasteiger partial charge in [0.15, 0.2) is 6.10 Å². The third kappa shape index (κ3) is 2.28. The topological polar surface area (TPSA) is 51.2 Å². The van der Waals surface area contributed by atoms with Crippen molar-refractivity contribution >= 4 is 0 Å². The van der Waals surface area contributed by atoms with Gasteiger partial charge in [0.1, 0.15) is 5.75 Å². The second-order valence-corrected chi connectivity index (χ2v) is 9.55. The van der Waals surface area contributed by atoms with Crippen LogP contribution in [-0.4, -0.2) is 59.8 Å². The Bertz CT molecular complexity index is 800. The number of hydrogen-bond donors (Lipinski definition) is 1. The smallest absolute Gasteiger partial charge is 0.206 e. The zero-order chi connectivity index (χ0) is 19.1. The molecule has 4 atom stereocenters. The van der Waals surface area contributed by atoms with E-state index in [1.54, 1.807) is 0 Å². The molecule has 5 nitrogen and oxygen atoms in total. The van der Waals surface area contributed by atoms with E-state index in [0.717, 1.165) is 36.7 Å². The molecule has 5 heteroatoms. The molecule has 2 saturated carbocycles. The Morgan fingerprint density at radius 1 is 1.18 bits per heavy atom. The van der Waals surface area contributed by atoms with E-state index in [4.69, 9.17) is 14.2 Å². The normalized spacial score (nSPS) is 37.4. The molecule has 0 radical (unpaired) electrons. The van der Waals surface area contributed by atoms with E-state index in [1.165, 1.54) is 24.0 Å². The molecule has 0 aromatic heterocycles. The number of likely N-dealkylation sites (N-methyl/N-ethyl adjacent to an activating group) is 1. The second kappa shape index (κ2) is 5.94. The molecule has 152 valence electrons.